The van der Waals surface area contributed by atoms with E-state index >= 15 is 0 Å². The molecule has 76 valence electrons. The van der Waals surface area contributed by atoms with Gasteiger partial charge in [0.15, 0.2) is 0 Å². The molecule has 16 heavy (non-hydrogen) atoms. The fraction of sp³-hybridized carbons (Fsp3) is 0. The Morgan fingerprint density at radius 3 is 1.62 bits per heavy atom. The molecule has 0 aliphatic carbocycles. The minimum absolute atomic E-state index is 1.12. The van der Waals surface area contributed by atoms with Crippen molar-refractivity contribution in [2.24, 2.45) is 0 Å². The third-order valence-corrected chi connectivity index (χ3v) is 4.63. The Kier molecular flexibility index (Phi) is 4.46. The molecule has 0 nitrogen and oxygen atoms in total. The van der Waals surface area contributed by atoms with E-state index in [0.717, 1.165) is 8.95 Å². The minimum atomic E-state index is 1.12. The summed E-state index contributed by atoms with van der Waals surface area (Å²) in [7, 11) is 0. The molecule has 0 fully saturated rings. The van der Waals surface area contributed by atoms with E-state index in [1.165, 1.54) is 38.6 Å². The van der Waals surface area contributed by atoms with Crippen LogP contribution in [0.1, 0.15) is 11.1 Å². The topological polar surface area (TPSA) is 0 Å². The number of rotatable bonds is 2. The van der Waals surface area contributed by atoms with Gasteiger partial charge in [0.05, 0.1) is 0 Å². The summed E-state index contributed by atoms with van der Waals surface area (Å²) >= 11 is 8.43. The second kappa shape index (κ2) is 5.66. The van der Waals surface area contributed by atoms with Crippen LogP contribution < -0.4 is 0 Å². The predicted octanol–water partition coefficient (Wildman–Crippen LogP) is 4.33. The quantitative estimate of drug-likeness (QED) is 0.685. The van der Waals surface area contributed by atoms with E-state index in [1.54, 1.807) is 0 Å². The predicted molar refractivity (Wildman–Crippen MR) is 71.5 cm³/mol. The molecule has 2 aromatic carbocycles. The number of halogens is 2. The van der Waals surface area contributed by atoms with E-state index in [4.69, 9.17) is 0 Å². The summed E-state index contributed by atoms with van der Waals surface area (Å²) in [5.41, 5.74) is 2.57. The Labute approximate surface area is 127 Å². The zero-order valence-corrected chi connectivity index (χ0v) is 14.0. The summed E-state index contributed by atoms with van der Waals surface area (Å²) in [6, 6.07) is 16.9. The van der Waals surface area contributed by atoms with Crippen LogP contribution in [0.3, 0.4) is 0 Å². The van der Waals surface area contributed by atoms with Crippen molar-refractivity contribution in [3.63, 3.8) is 0 Å². The van der Waals surface area contributed by atoms with E-state index in [1.807, 2.05) is 12.1 Å². The second-order valence-corrected chi connectivity index (χ2v) is 6.46. The SMILES string of the molecule is Brc1cccc([C](=[Zr+2])c2cccc(Br)c2)c1. The van der Waals surface area contributed by atoms with E-state index < -0.39 is 0 Å². The maximum absolute atomic E-state index is 3.50. The van der Waals surface area contributed by atoms with Gasteiger partial charge < -0.3 is 0 Å². The molecule has 0 aliphatic heterocycles. The van der Waals surface area contributed by atoms with Crippen LogP contribution in [-0.4, -0.2) is 3.21 Å². The van der Waals surface area contributed by atoms with Crippen LogP contribution in [-0.2, 0) is 24.2 Å². The van der Waals surface area contributed by atoms with Crippen LogP contribution in [0.4, 0.5) is 0 Å². The van der Waals surface area contributed by atoms with Crippen molar-refractivity contribution in [3.05, 3.63) is 68.6 Å². The standard InChI is InChI=1S/C13H8Br2.Zr/c14-12-5-1-3-10(8-12)7-11-4-2-6-13(15)9-11;/h1-6,8-9H;/q;+2. The number of hydrogen-bond acceptors (Lipinski definition) is 0. The average Bonchev–Trinajstić information content (AvgIpc) is 2.28. The Morgan fingerprint density at radius 2 is 1.25 bits per heavy atom. The molecular formula is C13H8Br2Zr+2. The first-order valence-corrected chi connectivity index (χ1v) is 7.59. The van der Waals surface area contributed by atoms with Crippen LogP contribution >= 0.6 is 31.9 Å². The molecule has 0 saturated carbocycles. The molecule has 0 aliphatic rings. The molecule has 0 amide bonds. The van der Waals surface area contributed by atoms with Gasteiger partial charge in [-0.3, -0.25) is 0 Å². The van der Waals surface area contributed by atoms with Crippen LogP contribution in [0.25, 0.3) is 0 Å². The van der Waals surface area contributed by atoms with Crippen molar-refractivity contribution in [1.29, 1.82) is 0 Å². The van der Waals surface area contributed by atoms with E-state index in [2.05, 4.69) is 68.3 Å². The monoisotopic (exact) mass is 412 g/mol. The average molecular weight is 415 g/mol. The fourth-order valence-corrected chi connectivity index (χ4v) is 3.02. The van der Waals surface area contributed by atoms with Gasteiger partial charge in [0.2, 0.25) is 0 Å². The molecule has 2 aromatic rings. The summed E-state index contributed by atoms with van der Waals surface area (Å²) < 4.78 is 3.62. The van der Waals surface area contributed by atoms with Crippen molar-refractivity contribution in [2.45, 2.75) is 0 Å². The third-order valence-electron chi connectivity index (χ3n) is 2.23. The zero-order valence-electron chi connectivity index (χ0n) is 8.37. The Morgan fingerprint density at radius 1 is 0.812 bits per heavy atom. The van der Waals surface area contributed by atoms with Gasteiger partial charge in [-0.15, -0.1) is 0 Å². The molecule has 0 radical (unpaired) electrons. The summed E-state index contributed by atoms with van der Waals surface area (Å²) in [6.07, 6.45) is 0. The van der Waals surface area contributed by atoms with Crippen LogP contribution in [0.15, 0.2) is 57.5 Å². The normalized spacial score (nSPS) is 10.2. The Hall–Kier alpha value is 0.153. The first-order chi connectivity index (χ1) is 7.66. The van der Waals surface area contributed by atoms with Crippen molar-refractivity contribution < 1.29 is 24.2 Å². The van der Waals surface area contributed by atoms with Gasteiger partial charge in [-0.2, -0.15) is 0 Å². The molecule has 0 spiro atoms. The van der Waals surface area contributed by atoms with Crippen LogP contribution in [0, 0.1) is 0 Å². The van der Waals surface area contributed by atoms with Gasteiger partial charge in [-0.25, -0.2) is 0 Å². The van der Waals surface area contributed by atoms with Gasteiger partial charge in [0.25, 0.3) is 0 Å². The number of benzene rings is 2. The molecule has 0 N–H and O–H groups in total. The van der Waals surface area contributed by atoms with Gasteiger partial charge in [0, 0.05) is 0 Å². The van der Waals surface area contributed by atoms with Crippen LogP contribution in [0.2, 0.25) is 0 Å². The molecule has 0 atom stereocenters. The summed E-state index contributed by atoms with van der Waals surface area (Å²) in [4.78, 5) is 0. The van der Waals surface area contributed by atoms with Crippen molar-refractivity contribution in [3.8, 4) is 0 Å². The Bertz CT molecular complexity index is 487. The van der Waals surface area contributed by atoms with Crippen molar-refractivity contribution >= 4 is 35.1 Å². The van der Waals surface area contributed by atoms with Gasteiger partial charge in [-0.05, 0) is 0 Å². The van der Waals surface area contributed by atoms with E-state index in [9.17, 15) is 0 Å². The summed E-state index contributed by atoms with van der Waals surface area (Å²) in [5, 5.41) is 0. The fourth-order valence-electron chi connectivity index (χ4n) is 1.45. The van der Waals surface area contributed by atoms with Crippen molar-refractivity contribution in [1.82, 2.24) is 0 Å². The van der Waals surface area contributed by atoms with Gasteiger partial charge >= 0.3 is 128 Å². The molecule has 0 heterocycles. The summed E-state index contributed by atoms with van der Waals surface area (Å²) in [6.45, 7) is 0. The first-order valence-electron chi connectivity index (χ1n) is 4.77. The molecule has 0 aromatic heterocycles. The van der Waals surface area contributed by atoms with E-state index in [-0.39, 0.29) is 0 Å². The van der Waals surface area contributed by atoms with Crippen LogP contribution in [0.5, 0.6) is 0 Å². The van der Waals surface area contributed by atoms with Crippen molar-refractivity contribution in [2.75, 3.05) is 0 Å². The molecule has 3 heteroatoms. The third kappa shape index (κ3) is 3.09. The maximum atomic E-state index is 3.50. The molecule has 2 rings (SSSR count). The molecule has 0 unspecified atom stereocenters. The Balaban J connectivity index is 2.39. The number of hydrogen-bond donors (Lipinski definition) is 0. The molecule has 0 saturated heterocycles. The zero-order chi connectivity index (χ0) is 11.5. The van der Waals surface area contributed by atoms with Gasteiger partial charge in [0.1, 0.15) is 0 Å². The molecular weight excluding hydrogens is 407 g/mol. The van der Waals surface area contributed by atoms with E-state index in [0.29, 0.717) is 0 Å². The van der Waals surface area contributed by atoms with Gasteiger partial charge in [-0.1, -0.05) is 0 Å². The second-order valence-electron chi connectivity index (χ2n) is 3.40. The first kappa shape index (κ1) is 12.6. The molecule has 0 bridgehead atoms. The summed E-state index contributed by atoms with van der Waals surface area (Å²) in [5.74, 6) is 0.